The lowest BCUT2D eigenvalue weighted by Gasteiger charge is -2.00. The van der Waals surface area contributed by atoms with Crippen molar-refractivity contribution in [1.29, 1.82) is 0 Å². The Bertz CT molecular complexity index is 435. The first kappa shape index (κ1) is 8.80. The highest BCUT2D eigenvalue weighted by Crippen LogP contribution is 2.17. The molecule has 1 aliphatic carbocycles. The average molecular weight is 180 g/mol. The summed E-state index contributed by atoms with van der Waals surface area (Å²) in [6.45, 7) is 2.10. The van der Waals surface area contributed by atoms with Crippen LogP contribution in [0.1, 0.15) is 11.1 Å². The molecule has 0 amide bonds. The Morgan fingerprint density at radius 2 is 1.79 bits per heavy atom. The normalized spacial score (nSPS) is 13.9. The van der Waals surface area contributed by atoms with Gasteiger partial charge in [-0.2, -0.15) is 0 Å². The third-order valence-electron chi connectivity index (χ3n) is 2.20. The van der Waals surface area contributed by atoms with Gasteiger partial charge < -0.3 is 0 Å². The largest absolute Gasteiger partial charge is 0.120 e. The molecule has 1 aromatic carbocycles. The van der Waals surface area contributed by atoms with Gasteiger partial charge in [-0.05, 0) is 30.2 Å². The second kappa shape index (κ2) is 3.95. The molecule has 0 saturated carbocycles. The number of rotatable bonds is 1. The van der Waals surface area contributed by atoms with E-state index in [0.717, 1.165) is 0 Å². The van der Waals surface area contributed by atoms with Crippen LogP contribution < -0.4 is 0 Å². The van der Waals surface area contributed by atoms with Crippen LogP contribution in [-0.4, -0.2) is 0 Å². The van der Waals surface area contributed by atoms with Crippen molar-refractivity contribution in [2.24, 2.45) is 0 Å². The summed E-state index contributed by atoms with van der Waals surface area (Å²) in [4.78, 5) is 0. The lowest BCUT2D eigenvalue weighted by Crippen LogP contribution is -1.80. The van der Waals surface area contributed by atoms with Crippen LogP contribution in [0.4, 0.5) is 0 Å². The Morgan fingerprint density at radius 1 is 1.00 bits per heavy atom. The Labute approximate surface area is 84.6 Å². The molecular formula is C14H12. The first-order chi connectivity index (χ1) is 6.86. The van der Waals surface area contributed by atoms with E-state index < -0.39 is 0 Å². The van der Waals surface area contributed by atoms with Crippen molar-refractivity contribution < 1.29 is 0 Å². The molecule has 0 radical (unpaired) electrons. The molecule has 0 heteroatoms. The van der Waals surface area contributed by atoms with E-state index in [0.29, 0.717) is 0 Å². The first-order valence-electron chi connectivity index (χ1n) is 4.73. The van der Waals surface area contributed by atoms with Crippen LogP contribution >= 0.6 is 0 Å². The molecule has 68 valence electrons. The molecule has 0 spiro atoms. The quantitative estimate of drug-likeness (QED) is 0.578. The van der Waals surface area contributed by atoms with Crippen molar-refractivity contribution in [2.45, 2.75) is 6.92 Å². The fourth-order valence-electron chi connectivity index (χ4n) is 1.38. The fraction of sp³-hybridized carbons (Fsp3) is 0.0714. The number of allylic oxidation sites excluding steroid dienone is 5. The molecule has 2 rings (SSSR count). The highest BCUT2D eigenvalue weighted by Gasteiger charge is 1.96. The predicted molar refractivity (Wildman–Crippen MR) is 60.9 cm³/mol. The number of hydrogen-bond donors (Lipinski definition) is 0. The van der Waals surface area contributed by atoms with E-state index >= 15 is 0 Å². The Kier molecular flexibility index (Phi) is 2.48. The summed E-state index contributed by atoms with van der Waals surface area (Å²) in [7, 11) is 0. The topological polar surface area (TPSA) is 0 Å². The summed E-state index contributed by atoms with van der Waals surface area (Å²) in [6.07, 6.45) is 10.0. The number of hydrogen-bond acceptors (Lipinski definition) is 0. The zero-order chi connectivity index (χ0) is 9.80. The van der Waals surface area contributed by atoms with Gasteiger partial charge in [-0.3, -0.25) is 0 Å². The van der Waals surface area contributed by atoms with Crippen LogP contribution in [-0.2, 0) is 0 Å². The lowest BCUT2D eigenvalue weighted by atomic mass is 10.0. The molecule has 0 nitrogen and oxygen atoms in total. The average Bonchev–Trinajstić information content (AvgIpc) is 2.47. The monoisotopic (exact) mass is 180 g/mol. The van der Waals surface area contributed by atoms with Crippen molar-refractivity contribution in [2.75, 3.05) is 0 Å². The summed E-state index contributed by atoms with van der Waals surface area (Å²) in [5, 5.41) is 0. The highest BCUT2D eigenvalue weighted by molar-refractivity contribution is 5.75. The molecule has 0 atom stereocenters. The second-order valence-corrected chi connectivity index (χ2v) is 3.35. The van der Waals surface area contributed by atoms with Crippen molar-refractivity contribution in [3.05, 3.63) is 71.5 Å². The van der Waals surface area contributed by atoms with Gasteiger partial charge in [0.05, 0.1) is 0 Å². The predicted octanol–water partition coefficient (Wildman–Crippen LogP) is 3.66. The molecule has 0 heterocycles. The van der Waals surface area contributed by atoms with E-state index in [-0.39, 0.29) is 0 Å². The van der Waals surface area contributed by atoms with Gasteiger partial charge in [0.1, 0.15) is 0 Å². The molecule has 1 aromatic rings. The maximum atomic E-state index is 3.11. The van der Waals surface area contributed by atoms with Gasteiger partial charge in [0, 0.05) is 0 Å². The van der Waals surface area contributed by atoms with Crippen LogP contribution in [0.3, 0.4) is 0 Å². The molecule has 0 bridgehead atoms. The molecule has 0 aromatic heterocycles. The van der Waals surface area contributed by atoms with Crippen LogP contribution in [0.2, 0.25) is 0 Å². The zero-order valence-electron chi connectivity index (χ0n) is 8.20. The standard InChI is InChI=1S/C14H12/c1-12-8-10-14(11-9-12)13-6-4-2-3-5-7-13/h2-4,6-11H,1H3. The van der Waals surface area contributed by atoms with E-state index in [1.165, 1.54) is 16.7 Å². The van der Waals surface area contributed by atoms with Gasteiger partial charge in [-0.25, -0.2) is 0 Å². The SMILES string of the molecule is Cc1ccc(C2=CC=CC=C=C2)cc1. The molecule has 0 fully saturated rings. The van der Waals surface area contributed by atoms with Crippen molar-refractivity contribution in [3.63, 3.8) is 0 Å². The zero-order valence-corrected chi connectivity index (χ0v) is 8.20. The third-order valence-corrected chi connectivity index (χ3v) is 2.20. The molecule has 0 N–H and O–H groups in total. The Balaban J connectivity index is 2.40. The van der Waals surface area contributed by atoms with Gasteiger partial charge in [-0.1, -0.05) is 48.1 Å². The van der Waals surface area contributed by atoms with Gasteiger partial charge in [-0.15, -0.1) is 5.73 Å². The summed E-state index contributed by atoms with van der Waals surface area (Å²) >= 11 is 0. The summed E-state index contributed by atoms with van der Waals surface area (Å²) in [5.74, 6) is 0. The molecule has 0 saturated heterocycles. The molecule has 14 heavy (non-hydrogen) atoms. The lowest BCUT2D eigenvalue weighted by molar-refractivity contribution is 1.45. The first-order valence-corrected chi connectivity index (χ1v) is 4.73. The fourth-order valence-corrected chi connectivity index (χ4v) is 1.38. The molecular weight excluding hydrogens is 168 g/mol. The van der Waals surface area contributed by atoms with E-state index in [2.05, 4.69) is 43.0 Å². The van der Waals surface area contributed by atoms with E-state index in [4.69, 9.17) is 0 Å². The van der Waals surface area contributed by atoms with Gasteiger partial charge in [0.2, 0.25) is 0 Å². The second-order valence-electron chi connectivity index (χ2n) is 3.35. The minimum Gasteiger partial charge on any atom is -0.120 e. The third kappa shape index (κ3) is 1.93. The van der Waals surface area contributed by atoms with E-state index in [9.17, 15) is 0 Å². The Hall–Kier alpha value is -1.78. The molecule has 0 unspecified atom stereocenters. The van der Waals surface area contributed by atoms with Gasteiger partial charge in [0.15, 0.2) is 0 Å². The Morgan fingerprint density at radius 3 is 2.57 bits per heavy atom. The van der Waals surface area contributed by atoms with E-state index in [1.54, 1.807) is 0 Å². The summed E-state index contributed by atoms with van der Waals surface area (Å²) in [5.41, 5.74) is 6.84. The van der Waals surface area contributed by atoms with Crippen molar-refractivity contribution in [3.8, 4) is 0 Å². The maximum absolute atomic E-state index is 3.11. The van der Waals surface area contributed by atoms with Gasteiger partial charge >= 0.3 is 0 Å². The highest BCUT2D eigenvalue weighted by atomic mass is 14.0. The van der Waals surface area contributed by atoms with Crippen LogP contribution in [0.15, 0.2) is 60.4 Å². The van der Waals surface area contributed by atoms with Crippen molar-refractivity contribution in [1.82, 2.24) is 0 Å². The number of aryl methyl sites for hydroxylation is 1. The van der Waals surface area contributed by atoms with Gasteiger partial charge in [0.25, 0.3) is 0 Å². The minimum absolute atomic E-state index is 1.20. The smallest absolute Gasteiger partial charge is 0.0107 e. The van der Waals surface area contributed by atoms with Crippen LogP contribution in [0.25, 0.3) is 5.57 Å². The van der Waals surface area contributed by atoms with E-state index in [1.807, 2.05) is 24.3 Å². The minimum atomic E-state index is 1.20. The molecule has 1 aliphatic rings. The number of benzene rings is 1. The summed E-state index contributed by atoms with van der Waals surface area (Å²) in [6, 6.07) is 8.53. The van der Waals surface area contributed by atoms with Crippen molar-refractivity contribution >= 4 is 5.57 Å². The summed E-state index contributed by atoms with van der Waals surface area (Å²) < 4.78 is 0. The van der Waals surface area contributed by atoms with Crippen LogP contribution in [0, 0.1) is 6.92 Å². The van der Waals surface area contributed by atoms with Crippen LogP contribution in [0.5, 0.6) is 0 Å². The maximum Gasteiger partial charge on any atom is -0.0107 e. The molecule has 0 aliphatic heterocycles.